The van der Waals surface area contributed by atoms with Gasteiger partial charge in [0.15, 0.2) is 9.84 Å². The van der Waals surface area contributed by atoms with Crippen LogP contribution in [0.1, 0.15) is 16.6 Å². The Bertz CT molecular complexity index is 784. The predicted molar refractivity (Wildman–Crippen MR) is 90.6 cm³/mol. The van der Waals surface area contributed by atoms with Gasteiger partial charge in [-0.15, -0.1) is 11.3 Å². The Morgan fingerprint density at radius 2 is 2.14 bits per heavy atom. The van der Waals surface area contributed by atoms with E-state index in [0.717, 1.165) is 14.6 Å². The summed E-state index contributed by atoms with van der Waals surface area (Å²) in [6.07, 6.45) is 0. The van der Waals surface area contributed by atoms with Crippen LogP contribution in [0, 0.1) is 0 Å². The molecule has 0 radical (unpaired) electrons. The molecule has 0 bridgehead atoms. The fourth-order valence-corrected chi connectivity index (χ4v) is 4.10. The number of rotatable bonds is 5. The van der Waals surface area contributed by atoms with E-state index in [9.17, 15) is 13.2 Å². The molecule has 3 N–H and O–H groups in total. The molecule has 0 saturated heterocycles. The fraction of sp³-hybridized carbons (Fsp3) is 0.308. The first-order chi connectivity index (χ1) is 9.84. The zero-order chi connectivity index (χ0) is 15.6. The van der Waals surface area contributed by atoms with Gasteiger partial charge in [-0.2, -0.15) is 0 Å². The minimum absolute atomic E-state index is 0.0639. The van der Waals surface area contributed by atoms with Crippen molar-refractivity contribution in [2.24, 2.45) is 0 Å². The lowest BCUT2D eigenvalue weighted by Crippen LogP contribution is -2.29. The summed E-state index contributed by atoms with van der Waals surface area (Å²) >= 11 is 4.67. The second kappa shape index (κ2) is 6.33. The van der Waals surface area contributed by atoms with Gasteiger partial charge < -0.3 is 11.1 Å². The van der Waals surface area contributed by atoms with Crippen LogP contribution < -0.4 is 11.1 Å². The molecule has 5 nitrogen and oxygen atoms in total. The maximum atomic E-state index is 12.1. The van der Waals surface area contributed by atoms with E-state index in [1.54, 1.807) is 6.92 Å². The molecule has 8 heteroatoms. The number of hydrogen-bond acceptors (Lipinski definition) is 5. The summed E-state index contributed by atoms with van der Waals surface area (Å²) in [5, 5.41) is 3.43. The smallest absolute Gasteiger partial charge is 0.263 e. The normalized spacial score (nSPS) is 11.7. The molecule has 1 aromatic carbocycles. The zero-order valence-corrected chi connectivity index (χ0v) is 14.6. The highest BCUT2D eigenvalue weighted by Crippen LogP contribution is 2.35. The van der Waals surface area contributed by atoms with Crippen LogP contribution in [0.4, 0.5) is 5.69 Å². The molecule has 1 amide bonds. The van der Waals surface area contributed by atoms with Crippen LogP contribution in [-0.4, -0.2) is 32.4 Å². The third kappa shape index (κ3) is 3.75. The van der Waals surface area contributed by atoms with Crippen molar-refractivity contribution in [2.75, 3.05) is 23.8 Å². The van der Waals surface area contributed by atoms with Gasteiger partial charge in [0.05, 0.1) is 11.4 Å². The van der Waals surface area contributed by atoms with Crippen LogP contribution in [0.2, 0.25) is 0 Å². The lowest BCUT2D eigenvalue weighted by Gasteiger charge is -2.04. The highest BCUT2D eigenvalue weighted by Gasteiger charge is 2.17. The van der Waals surface area contributed by atoms with Crippen molar-refractivity contribution in [1.29, 1.82) is 0 Å². The minimum atomic E-state index is -3.09. The number of hydrogen-bond donors (Lipinski definition) is 2. The fourth-order valence-electron chi connectivity index (χ4n) is 1.80. The number of nitrogen functional groups attached to an aromatic ring is 1. The Kier molecular flexibility index (Phi) is 4.90. The van der Waals surface area contributed by atoms with E-state index in [1.807, 2.05) is 18.2 Å². The van der Waals surface area contributed by atoms with Crippen LogP contribution >= 0.6 is 27.3 Å². The van der Waals surface area contributed by atoms with Gasteiger partial charge in [-0.25, -0.2) is 8.42 Å². The summed E-state index contributed by atoms with van der Waals surface area (Å²) in [6, 6.07) is 5.61. The number of benzene rings is 1. The highest BCUT2D eigenvalue weighted by molar-refractivity contribution is 9.10. The molecule has 0 atom stereocenters. The van der Waals surface area contributed by atoms with Crippen LogP contribution in [-0.2, 0) is 9.84 Å². The van der Waals surface area contributed by atoms with E-state index in [1.165, 1.54) is 11.3 Å². The number of thiophene rings is 1. The Morgan fingerprint density at radius 1 is 1.43 bits per heavy atom. The molecule has 0 aliphatic heterocycles. The Balaban J connectivity index is 2.15. The van der Waals surface area contributed by atoms with Gasteiger partial charge in [-0.1, -0.05) is 28.9 Å². The Labute approximate surface area is 135 Å². The summed E-state index contributed by atoms with van der Waals surface area (Å²) in [7, 11) is -3.09. The first-order valence-electron chi connectivity index (χ1n) is 6.30. The number of nitrogens with one attached hydrogen (secondary N) is 1. The second-order valence-corrected chi connectivity index (χ2v) is 8.92. The van der Waals surface area contributed by atoms with E-state index >= 15 is 0 Å². The third-order valence-corrected chi connectivity index (χ3v) is 6.40. The Hall–Kier alpha value is -1.12. The molecule has 0 aliphatic carbocycles. The molecule has 114 valence electrons. The van der Waals surface area contributed by atoms with Crippen molar-refractivity contribution in [1.82, 2.24) is 5.32 Å². The zero-order valence-electron chi connectivity index (χ0n) is 11.3. The molecule has 0 unspecified atom stereocenters. The van der Waals surface area contributed by atoms with Gasteiger partial charge in [0.1, 0.15) is 4.88 Å². The average Bonchev–Trinajstić information content (AvgIpc) is 2.75. The van der Waals surface area contributed by atoms with Crippen molar-refractivity contribution in [2.45, 2.75) is 6.92 Å². The SMILES string of the molecule is CCS(=O)(=O)CCNC(=O)c1sc2cc(Br)ccc2c1N. The Morgan fingerprint density at radius 3 is 2.81 bits per heavy atom. The van der Waals surface area contributed by atoms with Crippen LogP contribution in [0.3, 0.4) is 0 Å². The van der Waals surface area contributed by atoms with E-state index in [4.69, 9.17) is 5.73 Å². The highest BCUT2D eigenvalue weighted by atomic mass is 79.9. The molecule has 0 spiro atoms. The van der Waals surface area contributed by atoms with Crippen molar-refractivity contribution >= 4 is 58.8 Å². The first-order valence-corrected chi connectivity index (χ1v) is 9.73. The number of halogens is 1. The van der Waals surface area contributed by atoms with E-state index < -0.39 is 9.84 Å². The lowest BCUT2D eigenvalue weighted by atomic mass is 10.2. The first kappa shape index (κ1) is 16.3. The van der Waals surface area contributed by atoms with Crippen molar-refractivity contribution in [3.8, 4) is 0 Å². The van der Waals surface area contributed by atoms with Crippen LogP contribution in [0.25, 0.3) is 10.1 Å². The molecule has 21 heavy (non-hydrogen) atoms. The van der Waals surface area contributed by atoms with Gasteiger partial charge in [0.2, 0.25) is 0 Å². The molecule has 0 fully saturated rings. The maximum Gasteiger partial charge on any atom is 0.263 e. The van der Waals surface area contributed by atoms with E-state index in [2.05, 4.69) is 21.2 Å². The van der Waals surface area contributed by atoms with Gasteiger partial charge in [-0.05, 0) is 12.1 Å². The number of carbonyl (C=O) groups excluding carboxylic acids is 1. The number of sulfone groups is 1. The van der Waals surface area contributed by atoms with E-state index in [-0.39, 0.29) is 24.0 Å². The largest absolute Gasteiger partial charge is 0.397 e. The van der Waals surface area contributed by atoms with Crippen LogP contribution in [0.5, 0.6) is 0 Å². The lowest BCUT2D eigenvalue weighted by molar-refractivity contribution is 0.0961. The molecule has 0 saturated carbocycles. The van der Waals surface area contributed by atoms with Gasteiger partial charge in [-0.3, -0.25) is 4.79 Å². The summed E-state index contributed by atoms with van der Waals surface area (Å²) in [5.74, 6) is -0.329. The summed E-state index contributed by atoms with van der Waals surface area (Å²) in [4.78, 5) is 12.5. The standard InChI is InChI=1S/C13H15BrN2O3S2/c1-2-21(18,19)6-5-16-13(17)12-11(15)9-4-3-8(14)7-10(9)20-12/h3-4,7H,2,5-6,15H2,1H3,(H,16,17). The maximum absolute atomic E-state index is 12.1. The van der Waals surface area contributed by atoms with Gasteiger partial charge >= 0.3 is 0 Å². The topological polar surface area (TPSA) is 89.3 Å². The van der Waals surface area contributed by atoms with Gasteiger partial charge in [0, 0.05) is 26.9 Å². The number of fused-ring (bicyclic) bond motifs is 1. The van der Waals surface area contributed by atoms with Crippen LogP contribution in [0.15, 0.2) is 22.7 Å². The van der Waals surface area contributed by atoms with E-state index in [0.29, 0.717) is 10.6 Å². The van der Waals surface area contributed by atoms with Gasteiger partial charge in [0.25, 0.3) is 5.91 Å². The average molecular weight is 391 g/mol. The number of nitrogens with two attached hydrogens (primary N) is 1. The molecule has 1 aromatic heterocycles. The predicted octanol–water partition coefficient (Wildman–Crippen LogP) is 2.41. The van der Waals surface area contributed by atoms with Crippen molar-refractivity contribution in [3.05, 3.63) is 27.5 Å². The molecule has 0 aliphatic rings. The molecule has 2 aromatic rings. The molecule has 2 rings (SSSR count). The third-order valence-electron chi connectivity index (χ3n) is 3.04. The molecular weight excluding hydrogens is 376 g/mol. The minimum Gasteiger partial charge on any atom is -0.397 e. The quantitative estimate of drug-likeness (QED) is 0.819. The number of carbonyl (C=O) groups is 1. The number of amides is 1. The summed E-state index contributed by atoms with van der Waals surface area (Å²) in [5.41, 5.74) is 6.42. The number of anilines is 1. The van der Waals surface area contributed by atoms with Crippen molar-refractivity contribution in [3.63, 3.8) is 0 Å². The summed E-state index contributed by atoms with van der Waals surface area (Å²) < 4.78 is 24.6. The van der Waals surface area contributed by atoms with Crippen molar-refractivity contribution < 1.29 is 13.2 Å². The summed E-state index contributed by atoms with van der Waals surface area (Å²) in [6.45, 7) is 1.67. The molecule has 1 heterocycles. The molecular formula is C13H15BrN2O3S2. The monoisotopic (exact) mass is 390 g/mol. The second-order valence-electron chi connectivity index (χ2n) is 4.48.